The Hall–Kier alpha value is -2.17. The van der Waals surface area contributed by atoms with E-state index < -0.39 is 5.97 Å². The van der Waals surface area contributed by atoms with Crippen molar-refractivity contribution in [3.63, 3.8) is 0 Å². The first-order valence-electron chi connectivity index (χ1n) is 6.42. The maximum absolute atomic E-state index is 10.9. The van der Waals surface area contributed by atoms with E-state index in [2.05, 4.69) is 21.8 Å². The fourth-order valence-corrected chi connectivity index (χ4v) is 2.55. The van der Waals surface area contributed by atoms with Crippen LogP contribution in [0.2, 0.25) is 0 Å². The minimum absolute atomic E-state index is 0.240. The first-order chi connectivity index (χ1) is 9.15. The van der Waals surface area contributed by atoms with Crippen molar-refractivity contribution in [2.24, 2.45) is 0 Å². The third kappa shape index (κ3) is 2.12. The normalized spacial score (nSPS) is 19.0. The summed E-state index contributed by atoms with van der Waals surface area (Å²) < 4.78 is 0. The van der Waals surface area contributed by atoms with Gasteiger partial charge in [0.05, 0.1) is 22.8 Å². The highest BCUT2D eigenvalue weighted by molar-refractivity contribution is 5.92. The van der Waals surface area contributed by atoms with Crippen LogP contribution in [0.15, 0.2) is 24.4 Å². The average Bonchev–Trinajstić information content (AvgIpc) is 2.83. The number of hydrogen-bond donors (Lipinski definition) is 1. The number of nitrogens with zero attached hydrogens (tertiary/aromatic N) is 3. The summed E-state index contributed by atoms with van der Waals surface area (Å²) in [5.41, 5.74) is 1.60. The van der Waals surface area contributed by atoms with E-state index in [9.17, 15) is 4.79 Å². The van der Waals surface area contributed by atoms with Crippen molar-refractivity contribution in [1.82, 2.24) is 9.97 Å². The minimum Gasteiger partial charge on any atom is -0.478 e. The number of hydrogen-bond acceptors (Lipinski definition) is 4. The SMILES string of the molecule is CC1CCCN1c1cnc2cc(C(=O)O)ccc2n1. The number of aromatic nitrogens is 2. The summed E-state index contributed by atoms with van der Waals surface area (Å²) in [6.45, 7) is 3.20. The van der Waals surface area contributed by atoms with Gasteiger partial charge in [-0.05, 0) is 38.0 Å². The molecule has 0 spiro atoms. The lowest BCUT2D eigenvalue weighted by atomic mass is 10.2. The number of carboxylic acid groups (broad SMARTS) is 1. The van der Waals surface area contributed by atoms with Gasteiger partial charge in [0.15, 0.2) is 0 Å². The molecule has 0 aliphatic carbocycles. The zero-order valence-electron chi connectivity index (χ0n) is 10.7. The molecule has 2 heterocycles. The van der Waals surface area contributed by atoms with E-state index in [0.717, 1.165) is 17.9 Å². The molecule has 1 aliphatic rings. The second-order valence-electron chi connectivity index (χ2n) is 4.92. The number of fused-ring (bicyclic) bond motifs is 1. The van der Waals surface area contributed by atoms with Crippen molar-refractivity contribution >= 4 is 22.8 Å². The van der Waals surface area contributed by atoms with Gasteiger partial charge in [0.25, 0.3) is 0 Å². The second-order valence-corrected chi connectivity index (χ2v) is 4.92. The molecule has 98 valence electrons. The van der Waals surface area contributed by atoms with Crippen molar-refractivity contribution in [1.29, 1.82) is 0 Å². The summed E-state index contributed by atoms with van der Waals surface area (Å²) in [5, 5.41) is 8.95. The molecule has 5 heteroatoms. The van der Waals surface area contributed by atoms with Crippen molar-refractivity contribution < 1.29 is 9.90 Å². The molecule has 1 aliphatic heterocycles. The highest BCUT2D eigenvalue weighted by Crippen LogP contribution is 2.24. The van der Waals surface area contributed by atoms with Crippen molar-refractivity contribution in [2.75, 3.05) is 11.4 Å². The van der Waals surface area contributed by atoms with Gasteiger partial charge in [0, 0.05) is 12.6 Å². The van der Waals surface area contributed by atoms with Crippen LogP contribution < -0.4 is 4.90 Å². The second kappa shape index (κ2) is 4.50. The van der Waals surface area contributed by atoms with E-state index in [0.29, 0.717) is 11.6 Å². The van der Waals surface area contributed by atoms with Crippen LogP contribution in [0.25, 0.3) is 11.0 Å². The molecule has 1 fully saturated rings. The third-order valence-electron chi connectivity index (χ3n) is 3.62. The lowest BCUT2D eigenvalue weighted by Gasteiger charge is -2.22. The number of anilines is 1. The smallest absolute Gasteiger partial charge is 0.335 e. The molecular weight excluding hydrogens is 242 g/mol. The molecule has 1 unspecified atom stereocenters. The largest absolute Gasteiger partial charge is 0.478 e. The van der Waals surface area contributed by atoms with Crippen LogP contribution in [0.5, 0.6) is 0 Å². The molecule has 0 saturated carbocycles. The number of carboxylic acids is 1. The zero-order chi connectivity index (χ0) is 13.4. The summed E-state index contributed by atoms with van der Waals surface area (Å²) in [6.07, 6.45) is 4.09. The highest BCUT2D eigenvalue weighted by atomic mass is 16.4. The molecule has 0 amide bonds. The van der Waals surface area contributed by atoms with E-state index in [4.69, 9.17) is 5.11 Å². The van der Waals surface area contributed by atoms with Crippen LogP contribution in [-0.4, -0.2) is 33.6 Å². The number of aromatic carboxylic acids is 1. The summed E-state index contributed by atoms with van der Waals surface area (Å²) in [4.78, 5) is 22.1. The van der Waals surface area contributed by atoms with Crippen LogP contribution in [0.3, 0.4) is 0 Å². The third-order valence-corrected chi connectivity index (χ3v) is 3.62. The molecule has 1 saturated heterocycles. The van der Waals surface area contributed by atoms with Gasteiger partial charge in [-0.15, -0.1) is 0 Å². The summed E-state index contributed by atoms with van der Waals surface area (Å²) >= 11 is 0. The van der Waals surface area contributed by atoms with Crippen LogP contribution in [0.4, 0.5) is 5.82 Å². The molecule has 1 aromatic heterocycles. The highest BCUT2D eigenvalue weighted by Gasteiger charge is 2.22. The summed E-state index contributed by atoms with van der Waals surface area (Å²) in [5.74, 6) is -0.0680. The van der Waals surface area contributed by atoms with Crippen molar-refractivity contribution in [3.05, 3.63) is 30.0 Å². The Morgan fingerprint density at radius 3 is 2.95 bits per heavy atom. The number of benzene rings is 1. The monoisotopic (exact) mass is 257 g/mol. The van der Waals surface area contributed by atoms with Gasteiger partial charge in [-0.3, -0.25) is 4.98 Å². The first-order valence-corrected chi connectivity index (χ1v) is 6.42. The lowest BCUT2D eigenvalue weighted by molar-refractivity contribution is 0.0697. The van der Waals surface area contributed by atoms with Crippen LogP contribution in [0.1, 0.15) is 30.1 Å². The molecule has 1 aromatic carbocycles. The van der Waals surface area contributed by atoms with Crippen molar-refractivity contribution in [3.8, 4) is 0 Å². The maximum Gasteiger partial charge on any atom is 0.335 e. The van der Waals surface area contributed by atoms with Gasteiger partial charge in [-0.1, -0.05) is 0 Å². The van der Waals surface area contributed by atoms with Gasteiger partial charge < -0.3 is 10.0 Å². The quantitative estimate of drug-likeness (QED) is 0.894. The standard InChI is InChI=1S/C14H15N3O2/c1-9-3-2-6-17(9)13-8-15-12-7-10(14(18)19)4-5-11(12)16-13/h4-5,7-9H,2-3,6H2,1H3,(H,18,19). The van der Waals surface area contributed by atoms with E-state index in [1.807, 2.05) is 0 Å². The lowest BCUT2D eigenvalue weighted by Crippen LogP contribution is -2.27. The topological polar surface area (TPSA) is 66.3 Å². The Labute approximate surface area is 110 Å². The predicted octanol–water partition coefficient (Wildman–Crippen LogP) is 2.32. The first kappa shape index (κ1) is 11.9. The summed E-state index contributed by atoms with van der Waals surface area (Å²) in [6, 6.07) is 5.33. The molecule has 19 heavy (non-hydrogen) atoms. The molecule has 1 N–H and O–H groups in total. The van der Waals surface area contributed by atoms with Gasteiger partial charge in [-0.25, -0.2) is 9.78 Å². The Morgan fingerprint density at radius 1 is 1.42 bits per heavy atom. The Morgan fingerprint density at radius 2 is 2.26 bits per heavy atom. The van der Waals surface area contributed by atoms with Gasteiger partial charge >= 0.3 is 5.97 Å². The average molecular weight is 257 g/mol. The maximum atomic E-state index is 10.9. The number of carbonyl (C=O) groups is 1. The fourth-order valence-electron chi connectivity index (χ4n) is 2.55. The predicted molar refractivity (Wildman–Crippen MR) is 72.5 cm³/mol. The van der Waals surface area contributed by atoms with Gasteiger partial charge in [0.1, 0.15) is 5.82 Å². The molecule has 0 bridgehead atoms. The molecule has 0 radical (unpaired) electrons. The fraction of sp³-hybridized carbons (Fsp3) is 0.357. The van der Waals surface area contributed by atoms with Gasteiger partial charge in [0.2, 0.25) is 0 Å². The molecule has 3 rings (SSSR count). The Kier molecular flexibility index (Phi) is 2.81. The molecule has 5 nitrogen and oxygen atoms in total. The van der Waals surface area contributed by atoms with Crippen LogP contribution >= 0.6 is 0 Å². The van der Waals surface area contributed by atoms with E-state index >= 15 is 0 Å². The van der Waals surface area contributed by atoms with E-state index in [1.54, 1.807) is 24.4 Å². The molecule has 2 aromatic rings. The van der Waals surface area contributed by atoms with Crippen LogP contribution in [0, 0.1) is 0 Å². The minimum atomic E-state index is -0.944. The van der Waals surface area contributed by atoms with E-state index in [-0.39, 0.29) is 5.56 Å². The number of rotatable bonds is 2. The Balaban J connectivity index is 2.02. The van der Waals surface area contributed by atoms with Crippen LogP contribution in [-0.2, 0) is 0 Å². The van der Waals surface area contributed by atoms with Crippen molar-refractivity contribution in [2.45, 2.75) is 25.8 Å². The molecular formula is C14H15N3O2. The van der Waals surface area contributed by atoms with E-state index in [1.165, 1.54) is 12.8 Å². The van der Waals surface area contributed by atoms with Gasteiger partial charge in [-0.2, -0.15) is 0 Å². The Bertz CT molecular complexity index is 642. The summed E-state index contributed by atoms with van der Waals surface area (Å²) in [7, 11) is 0. The zero-order valence-corrected chi connectivity index (χ0v) is 10.7. The molecule has 1 atom stereocenters.